The predicted molar refractivity (Wildman–Crippen MR) is 70.2 cm³/mol. The summed E-state index contributed by atoms with van der Waals surface area (Å²) >= 11 is 0. The van der Waals surface area contributed by atoms with Crippen molar-refractivity contribution < 1.29 is 8.78 Å². The fourth-order valence-electron chi connectivity index (χ4n) is 1.88. The van der Waals surface area contributed by atoms with E-state index in [0.29, 0.717) is 23.9 Å². The first-order chi connectivity index (χ1) is 8.45. The Morgan fingerprint density at radius 2 is 1.89 bits per heavy atom. The van der Waals surface area contributed by atoms with E-state index in [1.807, 2.05) is 6.92 Å². The zero-order valence-electron chi connectivity index (χ0n) is 11.2. The Balaban J connectivity index is 2.62. The molecule has 0 spiro atoms. The number of hydrogen-bond acceptors (Lipinski definition) is 2. The molecule has 18 heavy (non-hydrogen) atoms. The molecule has 3 N–H and O–H groups in total. The van der Waals surface area contributed by atoms with Crippen LogP contribution in [0.2, 0.25) is 0 Å². The summed E-state index contributed by atoms with van der Waals surface area (Å²) in [4.78, 5) is 0. The van der Waals surface area contributed by atoms with E-state index < -0.39 is 11.6 Å². The molecular weight excluding hydrogens is 234 g/mol. The Labute approximate surface area is 108 Å². The van der Waals surface area contributed by atoms with Crippen LogP contribution in [0.25, 0.3) is 0 Å². The highest BCUT2D eigenvalue weighted by molar-refractivity contribution is 5.21. The van der Waals surface area contributed by atoms with E-state index in [1.54, 1.807) is 0 Å². The molecule has 0 saturated heterocycles. The lowest BCUT2D eigenvalue weighted by Crippen LogP contribution is -2.33. The van der Waals surface area contributed by atoms with Crippen LogP contribution in [0.1, 0.15) is 32.4 Å². The molecule has 1 rings (SSSR count). The van der Waals surface area contributed by atoms with Gasteiger partial charge in [0, 0.05) is 17.7 Å². The summed E-state index contributed by atoms with van der Waals surface area (Å²) in [7, 11) is 0. The smallest absolute Gasteiger partial charge is 0.130 e. The maximum absolute atomic E-state index is 13.6. The van der Waals surface area contributed by atoms with Crippen LogP contribution in [0.15, 0.2) is 18.2 Å². The van der Waals surface area contributed by atoms with E-state index in [2.05, 4.69) is 19.2 Å². The van der Waals surface area contributed by atoms with Crippen molar-refractivity contribution in [1.29, 1.82) is 0 Å². The minimum Gasteiger partial charge on any atom is -0.330 e. The first-order valence-corrected chi connectivity index (χ1v) is 6.34. The number of halogens is 2. The van der Waals surface area contributed by atoms with Crippen LogP contribution >= 0.6 is 0 Å². The third-order valence-corrected chi connectivity index (χ3v) is 3.36. The summed E-state index contributed by atoms with van der Waals surface area (Å²) < 4.78 is 26.4. The van der Waals surface area contributed by atoms with E-state index in [9.17, 15) is 8.78 Å². The zero-order chi connectivity index (χ0) is 13.7. The SMILES string of the molecule is CC(NCC(CN)C(C)C)c1ccc(F)cc1F. The van der Waals surface area contributed by atoms with Gasteiger partial charge in [0.15, 0.2) is 0 Å². The fourth-order valence-corrected chi connectivity index (χ4v) is 1.88. The molecule has 0 aliphatic carbocycles. The van der Waals surface area contributed by atoms with Crippen LogP contribution < -0.4 is 11.1 Å². The predicted octanol–water partition coefficient (Wildman–Crippen LogP) is 2.85. The van der Waals surface area contributed by atoms with E-state index >= 15 is 0 Å². The molecule has 0 amide bonds. The van der Waals surface area contributed by atoms with Crippen molar-refractivity contribution in [2.45, 2.75) is 26.8 Å². The number of rotatable bonds is 6. The van der Waals surface area contributed by atoms with Crippen molar-refractivity contribution in [3.8, 4) is 0 Å². The zero-order valence-corrected chi connectivity index (χ0v) is 11.2. The summed E-state index contributed by atoms with van der Waals surface area (Å²) in [5.41, 5.74) is 6.17. The lowest BCUT2D eigenvalue weighted by atomic mass is 9.95. The first kappa shape index (κ1) is 15.1. The summed E-state index contributed by atoms with van der Waals surface area (Å²) in [6.45, 7) is 7.42. The fraction of sp³-hybridized carbons (Fsp3) is 0.571. The molecule has 0 fully saturated rings. The number of nitrogens with two attached hydrogens (primary N) is 1. The van der Waals surface area contributed by atoms with Crippen LogP contribution in [0.4, 0.5) is 8.78 Å². The summed E-state index contributed by atoms with van der Waals surface area (Å²) in [5, 5.41) is 3.25. The van der Waals surface area contributed by atoms with Gasteiger partial charge in [-0.2, -0.15) is 0 Å². The first-order valence-electron chi connectivity index (χ1n) is 6.34. The molecule has 4 heteroatoms. The van der Waals surface area contributed by atoms with E-state index in [-0.39, 0.29) is 6.04 Å². The van der Waals surface area contributed by atoms with Gasteiger partial charge in [-0.25, -0.2) is 8.78 Å². The molecule has 2 atom stereocenters. The molecule has 0 aliphatic heterocycles. The molecular formula is C14H22F2N2. The Bertz CT molecular complexity index is 380. The summed E-state index contributed by atoms with van der Waals surface area (Å²) in [6.07, 6.45) is 0. The molecule has 1 aromatic rings. The molecule has 0 radical (unpaired) electrons. The lowest BCUT2D eigenvalue weighted by Gasteiger charge is -2.22. The van der Waals surface area contributed by atoms with Gasteiger partial charge in [0.05, 0.1) is 0 Å². The third kappa shape index (κ3) is 4.03. The molecule has 2 unspecified atom stereocenters. The second-order valence-corrected chi connectivity index (χ2v) is 5.04. The Hall–Kier alpha value is -1.00. The van der Waals surface area contributed by atoms with Gasteiger partial charge in [0.1, 0.15) is 11.6 Å². The number of benzene rings is 1. The van der Waals surface area contributed by atoms with Crippen molar-refractivity contribution in [2.75, 3.05) is 13.1 Å². The number of nitrogens with one attached hydrogen (secondary N) is 1. The average molecular weight is 256 g/mol. The van der Waals surface area contributed by atoms with Gasteiger partial charge in [-0.05, 0) is 37.9 Å². The minimum absolute atomic E-state index is 0.154. The molecule has 2 nitrogen and oxygen atoms in total. The lowest BCUT2D eigenvalue weighted by molar-refractivity contribution is 0.354. The van der Waals surface area contributed by atoms with Crippen molar-refractivity contribution in [3.63, 3.8) is 0 Å². The van der Waals surface area contributed by atoms with E-state index in [1.165, 1.54) is 12.1 Å². The second-order valence-electron chi connectivity index (χ2n) is 5.04. The molecule has 1 aromatic carbocycles. The minimum atomic E-state index is -0.550. The standard InChI is InChI=1S/C14H22F2N2/c1-9(2)11(7-17)8-18-10(3)13-5-4-12(15)6-14(13)16/h4-6,9-11,18H,7-8,17H2,1-3H3. The molecule has 102 valence electrons. The van der Waals surface area contributed by atoms with Gasteiger partial charge in [-0.1, -0.05) is 19.9 Å². The second kappa shape index (κ2) is 6.81. The Morgan fingerprint density at radius 1 is 1.22 bits per heavy atom. The summed E-state index contributed by atoms with van der Waals surface area (Å²) in [5.74, 6) is -0.224. The van der Waals surface area contributed by atoms with Gasteiger partial charge < -0.3 is 11.1 Å². The molecule has 0 heterocycles. The Kier molecular flexibility index (Phi) is 5.69. The molecule has 0 aromatic heterocycles. The highest BCUT2D eigenvalue weighted by atomic mass is 19.1. The van der Waals surface area contributed by atoms with Gasteiger partial charge in [0.25, 0.3) is 0 Å². The van der Waals surface area contributed by atoms with E-state index in [0.717, 1.165) is 12.6 Å². The van der Waals surface area contributed by atoms with Crippen LogP contribution in [-0.2, 0) is 0 Å². The largest absolute Gasteiger partial charge is 0.330 e. The monoisotopic (exact) mass is 256 g/mol. The Morgan fingerprint density at radius 3 is 2.39 bits per heavy atom. The summed E-state index contributed by atoms with van der Waals surface area (Å²) in [6, 6.07) is 3.52. The van der Waals surface area contributed by atoms with Crippen molar-refractivity contribution in [1.82, 2.24) is 5.32 Å². The van der Waals surface area contributed by atoms with E-state index in [4.69, 9.17) is 5.73 Å². The van der Waals surface area contributed by atoms with Gasteiger partial charge >= 0.3 is 0 Å². The molecule has 0 bridgehead atoms. The highest BCUT2D eigenvalue weighted by Crippen LogP contribution is 2.18. The quantitative estimate of drug-likeness (QED) is 0.821. The van der Waals surface area contributed by atoms with Crippen LogP contribution in [-0.4, -0.2) is 13.1 Å². The third-order valence-electron chi connectivity index (χ3n) is 3.36. The topological polar surface area (TPSA) is 38.0 Å². The number of hydrogen-bond donors (Lipinski definition) is 2. The maximum atomic E-state index is 13.6. The maximum Gasteiger partial charge on any atom is 0.130 e. The highest BCUT2D eigenvalue weighted by Gasteiger charge is 2.15. The van der Waals surface area contributed by atoms with Crippen LogP contribution in [0.3, 0.4) is 0 Å². The molecule has 0 aliphatic rings. The molecule has 0 saturated carbocycles. The van der Waals surface area contributed by atoms with Crippen molar-refractivity contribution in [2.24, 2.45) is 17.6 Å². The van der Waals surface area contributed by atoms with Gasteiger partial charge in [0.2, 0.25) is 0 Å². The average Bonchev–Trinajstić information content (AvgIpc) is 2.28. The van der Waals surface area contributed by atoms with Crippen molar-refractivity contribution >= 4 is 0 Å². The van der Waals surface area contributed by atoms with Crippen LogP contribution in [0.5, 0.6) is 0 Å². The van der Waals surface area contributed by atoms with Crippen LogP contribution in [0, 0.1) is 23.5 Å². The van der Waals surface area contributed by atoms with Gasteiger partial charge in [-0.15, -0.1) is 0 Å². The van der Waals surface area contributed by atoms with Gasteiger partial charge in [-0.3, -0.25) is 0 Å². The normalized spacial score (nSPS) is 14.8. The van der Waals surface area contributed by atoms with Crippen molar-refractivity contribution in [3.05, 3.63) is 35.4 Å².